The minimum atomic E-state index is -0.916. The SMILES string of the molecule is CC(O)(CNC(=O)CSCc1ccccc1)Cc1ccsc1. The van der Waals surface area contributed by atoms with Crippen molar-refractivity contribution in [1.82, 2.24) is 5.32 Å². The van der Waals surface area contributed by atoms with Crippen molar-refractivity contribution in [3.8, 4) is 0 Å². The van der Waals surface area contributed by atoms with Gasteiger partial charge in [-0.3, -0.25) is 4.79 Å². The third-order valence-electron chi connectivity index (χ3n) is 3.18. The Labute approximate surface area is 139 Å². The van der Waals surface area contributed by atoms with E-state index in [2.05, 4.69) is 17.4 Å². The Hall–Kier alpha value is -1.30. The Bertz CT molecular complexity index is 568. The van der Waals surface area contributed by atoms with E-state index < -0.39 is 5.60 Å². The van der Waals surface area contributed by atoms with Gasteiger partial charge in [-0.15, -0.1) is 11.8 Å². The second kappa shape index (κ2) is 8.36. The molecule has 0 aliphatic carbocycles. The van der Waals surface area contributed by atoms with Crippen LogP contribution in [0.3, 0.4) is 0 Å². The number of hydrogen-bond acceptors (Lipinski definition) is 4. The highest BCUT2D eigenvalue weighted by Crippen LogP contribution is 2.15. The normalized spacial score (nSPS) is 13.5. The number of rotatable bonds is 8. The molecule has 1 unspecified atom stereocenters. The number of hydrogen-bond donors (Lipinski definition) is 2. The summed E-state index contributed by atoms with van der Waals surface area (Å²) in [7, 11) is 0. The molecule has 1 amide bonds. The summed E-state index contributed by atoms with van der Waals surface area (Å²) in [6.45, 7) is 2.02. The molecule has 5 heteroatoms. The lowest BCUT2D eigenvalue weighted by Crippen LogP contribution is -2.42. The van der Waals surface area contributed by atoms with Crippen LogP contribution in [0.4, 0.5) is 0 Å². The van der Waals surface area contributed by atoms with Gasteiger partial charge in [-0.1, -0.05) is 30.3 Å². The lowest BCUT2D eigenvalue weighted by molar-refractivity contribution is -0.119. The fourth-order valence-electron chi connectivity index (χ4n) is 2.07. The van der Waals surface area contributed by atoms with Crippen molar-refractivity contribution < 1.29 is 9.90 Å². The summed E-state index contributed by atoms with van der Waals surface area (Å²) in [5, 5.41) is 17.1. The summed E-state index contributed by atoms with van der Waals surface area (Å²) < 4.78 is 0. The monoisotopic (exact) mass is 335 g/mol. The molecule has 1 heterocycles. The molecule has 0 fully saturated rings. The molecule has 2 rings (SSSR count). The number of nitrogens with one attached hydrogen (secondary N) is 1. The van der Waals surface area contributed by atoms with Gasteiger partial charge in [0.25, 0.3) is 0 Å². The first-order valence-corrected chi connectivity index (χ1v) is 9.27. The summed E-state index contributed by atoms with van der Waals surface area (Å²) in [5.74, 6) is 1.19. The van der Waals surface area contributed by atoms with Crippen LogP contribution in [0, 0.1) is 0 Å². The molecule has 118 valence electrons. The first-order valence-electron chi connectivity index (χ1n) is 7.17. The van der Waals surface area contributed by atoms with E-state index in [1.54, 1.807) is 30.0 Å². The molecule has 0 bridgehead atoms. The second-order valence-electron chi connectivity index (χ2n) is 5.56. The quantitative estimate of drug-likeness (QED) is 0.779. The van der Waals surface area contributed by atoms with Gasteiger partial charge >= 0.3 is 0 Å². The fourth-order valence-corrected chi connectivity index (χ4v) is 3.56. The number of carbonyl (C=O) groups excluding carboxylic acids is 1. The van der Waals surface area contributed by atoms with Crippen LogP contribution in [0.1, 0.15) is 18.1 Å². The predicted octanol–water partition coefficient (Wildman–Crippen LogP) is 3.09. The van der Waals surface area contributed by atoms with Gasteiger partial charge in [-0.25, -0.2) is 0 Å². The molecule has 0 radical (unpaired) electrons. The summed E-state index contributed by atoms with van der Waals surface area (Å²) in [5.41, 5.74) is 1.40. The number of thioether (sulfide) groups is 1. The number of amides is 1. The molecule has 1 atom stereocenters. The molecule has 0 saturated heterocycles. The summed E-state index contributed by atoms with van der Waals surface area (Å²) in [6.07, 6.45) is 0.550. The van der Waals surface area contributed by atoms with Crippen LogP contribution < -0.4 is 5.32 Å². The van der Waals surface area contributed by atoms with Crippen molar-refractivity contribution in [3.05, 3.63) is 58.3 Å². The van der Waals surface area contributed by atoms with Crippen molar-refractivity contribution in [2.45, 2.75) is 24.7 Å². The topological polar surface area (TPSA) is 49.3 Å². The highest BCUT2D eigenvalue weighted by molar-refractivity contribution is 7.99. The Balaban J connectivity index is 1.66. The molecule has 0 spiro atoms. The van der Waals surface area contributed by atoms with Crippen LogP contribution >= 0.6 is 23.1 Å². The van der Waals surface area contributed by atoms with Gasteiger partial charge in [0, 0.05) is 18.7 Å². The van der Waals surface area contributed by atoms with E-state index in [4.69, 9.17) is 0 Å². The first kappa shape index (κ1) is 17.1. The average Bonchev–Trinajstić information content (AvgIpc) is 2.99. The largest absolute Gasteiger partial charge is 0.388 e. The highest BCUT2D eigenvalue weighted by Gasteiger charge is 2.21. The minimum absolute atomic E-state index is 0.0356. The Morgan fingerprint density at radius 2 is 2.05 bits per heavy atom. The molecule has 3 nitrogen and oxygen atoms in total. The van der Waals surface area contributed by atoms with Crippen LogP contribution in [-0.2, 0) is 17.0 Å². The van der Waals surface area contributed by atoms with Gasteiger partial charge in [0.05, 0.1) is 11.4 Å². The standard InChI is InChI=1S/C17H21NO2S2/c1-17(20,9-15-7-8-21-11-15)13-18-16(19)12-22-10-14-5-3-2-4-6-14/h2-8,11,20H,9-10,12-13H2,1H3,(H,18,19). The molecule has 2 aromatic rings. The number of thiophene rings is 1. The zero-order valence-corrected chi connectivity index (χ0v) is 14.3. The van der Waals surface area contributed by atoms with Gasteiger partial charge in [0.2, 0.25) is 5.91 Å². The van der Waals surface area contributed by atoms with Gasteiger partial charge in [0.15, 0.2) is 0 Å². The third-order valence-corrected chi connectivity index (χ3v) is 4.91. The average molecular weight is 335 g/mol. The number of benzene rings is 1. The van der Waals surface area contributed by atoms with E-state index in [1.165, 1.54) is 5.56 Å². The predicted molar refractivity (Wildman–Crippen MR) is 94.3 cm³/mol. The van der Waals surface area contributed by atoms with E-state index >= 15 is 0 Å². The van der Waals surface area contributed by atoms with E-state index in [-0.39, 0.29) is 12.5 Å². The molecule has 22 heavy (non-hydrogen) atoms. The van der Waals surface area contributed by atoms with Gasteiger partial charge in [-0.05, 0) is 34.9 Å². The minimum Gasteiger partial charge on any atom is -0.388 e. The second-order valence-corrected chi connectivity index (χ2v) is 7.33. The maximum atomic E-state index is 11.8. The Morgan fingerprint density at radius 3 is 2.73 bits per heavy atom. The van der Waals surface area contributed by atoms with Crippen molar-refractivity contribution in [2.75, 3.05) is 12.3 Å². The molecule has 1 aromatic heterocycles. The van der Waals surface area contributed by atoms with Crippen molar-refractivity contribution in [3.63, 3.8) is 0 Å². The Kier molecular flexibility index (Phi) is 6.49. The molecule has 1 aromatic carbocycles. The fraction of sp³-hybridized carbons (Fsp3) is 0.353. The van der Waals surface area contributed by atoms with E-state index in [0.717, 1.165) is 11.3 Å². The molecule has 2 N–H and O–H groups in total. The third kappa shape index (κ3) is 6.22. The van der Waals surface area contributed by atoms with Crippen molar-refractivity contribution in [2.24, 2.45) is 0 Å². The summed E-state index contributed by atoms with van der Waals surface area (Å²) in [6, 6.07) is 12.1. The van der Waals surface area contributed by atoms with Crippen LogP contribution in [-0.4, -0.2) is 28.9 Å². The van der Waals surface area contributed by atoms with Crippen molar-refractivity contribution in [1.29, 1.82) is 0 Å². The molecule has 0 saturated carbocycles. The first-order chi connectivity index (χ1) is 10.6. The number of carbonyl (C=O) groups is 1. The van der Waals surface area contributed by atoms with Crippen LogP contribution in [0.5, 0.6) is 0 Å². The zero-order chi connectivity index (χ0) is 15.8. The van der Waals surface area contributed by atoms with Crippen LogP contribution in [0.2, 0.25) is 0 Å². The zero-order valence-electron chi connectivity index (χ0n) is 12.6. The van der Waals surface area contributed by atoms with Gasteiger partial charge in [0.1, 0.15) is 0 Å². The maximum Gasteiger partial charge on any atom is 0.230 e. The lowest BCUT2D eigenvalue weighted by atomic mass is 9.98. The summed E-state index contributed by atoms with van der Waals surface area (Å²) in [4.78, 5) is 11.8. The smallest absolute Gasteiger partial charge is 0.230 e. The molecule has 0 aliphatic rings. The number of aliphatic hydroxyl groups is 1. The lowest BCUT2D eigenvalue weighted by Gasteiger charge is -2.23. The Morgan fingerprint density at radius 1 is 1.27 bits per heavy atom. The van der Waals surface area contributed by atoms with Crippen LogP contribution in [0.15, 0.2) is 47.2 Å². The van der Waals surface area contributed by atoms with Gasteiger partial charge in [-0.2, -0.15) is 11.3 Å². The van der Waals surface area contributed by atoms with E-state index in [1.807, 2.05) is 35.0 Å². The van der Waals surface area contributed by atoms with Crippen molar-refractivity contribution >= 4 is 29.0 Å². The maximum absolute atomic E-state index is 11.8. The highest BCUT2D eigenvalue weighted by atomic mass is 32.2. The molecular weight excluding hydrogens is 314 g/mol. The summed E-state index contributed by atoms with van der Waals surface area (Å²) >= 11 is 3.19. The molecular formula is C17H21NO2S2. The van der Waals surface area contributed by atoms with E-state index in [0.29, 0.717) is 12.2 Å². The van der Waals surface area contributed by atoms with E-state index in [9.17, 15) is 9.90 Å². The van der Waals surface area contributed by atoms with Crippen LogP contribution in [0.25, 0.3) is 0 Å². The van der Waals surface area contributed by atoms with Gasteiger partial charge < -0.3 is 10.4 Å². The molecule has 0 aliphatic heterocycles.